The molecule has 9 heteroatoms. The molecule has 0 aliphatic heterocycles. The predicted molar refractivity (Wildman–Crippen MR) is 97.4 cm³/mol. The Balaban J connectivity index is 2.19. The number of halogens is 4. The van der Waals surface area contributed by atoms with Crippen molar-refractivity contribution in [3.63, 3.8) is 0 Å². The van der Waals surface area contributed by atoms with E-state index in [1.165, 1.54) is 16.7 Å². The van der Waals surface area contributed by atoms with E-state index >= 15 is 0 Å². The summed E-state index contributed by atoms with van der Waals surface area (Å²) in [6, 6.07) is 6.46. The van der Waals surface area contributed by atoms with Crippen LogP contribution in [0.4, 0.5) is 13.2 Å². The molecule has 1 aromatic heterocycles. The van der Waals surface area contributed by atoms with Crippen LogP contribution in [0.1, 0.15) is 27.2 Å². The molecular formula is C19H14ClF3N2O3. The Kier molecular flexibility index (Phi) is 4.84. The van der Waals surface area contributed by atoms with Gasteiger partial charge in [0, 0.05) is 16.6 Å². The van der Waals surface area contributed by atoms with Gasteiger partial charge in [0.2, 0.25) is 5.91 Å². The normalized spacial score (nSPS) is 11.8. The molecule has 3 aromatic rings. The van der Waals surface area contributed by atoms with Crippen LogP contribution in [0.15, 0.2) is 36.4 Å². The van der Waals surface area contributed by atoms with Crippen molar-refractivity contribution in [3.8, 4) is 5.75 Å². The molecule has 5 nitrogen and oxygen atoms in total. The number of aromatic nitrogens is 1. The van der Waals surface area contributed by atoms with E-state index in [4.69, 9.17) is 17.3 Å². The lowest BCUT2D eigenvalue weighted by atomic mass is 10.1. The maximum Gasteiger partial charge on any atom is 0.416 e. The molecule has 0 aliphatic rings. The van der Waals surface area contributed by atoms with Crippen molar-refractivity contribution < 1.29 is 27.9 Å². The number of nitrogens with zero attached hydrogens (tertiary/aromatic N) is 1. The van der Waals surface area contributed by atoms with Gasteiger partial charge in [-0.15, -0.1) is 0 Å². The second kappa shape index (κ2) is 6.87. The second-order valence-electron chi connectivity index (χ2n) is 6.24. The number of rotatable bonds is 3. The minimum absolute atomic E-state index is 0.0165. The monoisotopic (exact) mass is 410 g/mol. The standard InChI is InChI=1S/C19H14ClF3N2O3/c1-9-12(7-17(24)27)13-6-16(26)14(20)8-15(13)25(9)18(28)10-2-4-11(5-3-10)19(21,22)23/h2-6,8,26H,7H2,1H3,(H2,24,27). The first-order valence-electron chi connectivity index (χ1n) is 8.03. The zero-order valence-corrected chi connectivity index (χ0v) is 15.2. The Morgan fingerprint density at radius 1 is 1.18 bits per heavy atom. The minimum Gasteiger partial charge on any atom is -0.506 e. The van der Waals surface area contributed by atoms with Crippen molar-refractivity contribution >= 4 is 34.3 Å². The van der Waals surface area contributed by atoms with Gasteiger partial charge in [-0.25, -0.2) is 0 Å². The molecule has 0 saturated carbocycles. The minimum atomic E-state index is -4.52. The average molecular weight is 411 g/mol. The number of primary amides is 1. The number of nitrogens with two attached hydrogens (primary N) is 1. The fourth-order valence-corrected chi connectivity index (χ4v) is 3.24. The summed E-state index contributed by atoms with van der Waals surface area (Å²) >= 11 is 5.96. The van der Waals surface area contributed by atoms with Gasteiger partial charge in [-0.05, 0) is 48.9 Å². The molecular weight excluding hydrogens is 397 g/mol. The molecule has 3 rings (SSSR count). The number of carbonyl (C=O) groups is 2. The first kappa shape index (κ1) is 19.8. The first-order chi connectivity index (χ1) is 13.0. The average Bonchev–Trinajstić information content (AvgIpc) is 2.85. The summed E-state index contributed by atoms with van der Waals surface area (Å²) in [5, 5.41) is 10.3. The molecule has 0 bridgehead atoms. The number of benzene rings is 2. The van der Waals surface area contributed by atoms with E-state index < -0.39 is 23.6 Å². The topological polar surface area (TPSA) is 85.3 Å². The summed E-state index contributed by atoms with van der Waals surface area (Å²) in [4.78, 5) is 24.4. The number of phenolic OH excluding ortho intramolecular Hbond substituents is 1. The molecule has 2 aromatic carbocycles. The Morgan fingerprint density at radius 3 is 2.32 bits per heavy atom. The summed E-state index contributed by atoms with van der Waals surface area (Å²) in [6.07, 6.45) is -4.70. The highest BCUT2D eigenvalue weighted by Crippen LogP contribution is 2.35. The Labute approximate surface area is 162 Å². The highest BCUT2D eigenvalue weighted by atomic mass is 35.5. The van der Waals surface area contributed by atoms with Crippen LogP contribution in [0.2, 0.25) is 5.02 Å². The maximum absolute atomic E-state index is 13.0. The zero-order chi connectivity index (χ0) is 20.8. The van der Waals surface area contributed by atoms with Crippen LogP contribution in [0.25, 0.3) is 10.9 Å². The van der Waals surface area contributed by atoms with Crippen molar-refractivity contribution in [1.82, 2.24) is 4.57 Å². The Morgan fingerprint density at radius 2 is 1.79 bits per heavy atom. The van der Waals surface area contributed by atoms with Crippen molar-refractivity contribution in [2.45, 2.75) is 19.5 Å². The molecule has 0 aliphatic carbocycles. The van der Waals surface area contributed by atoms with E-state index in [0.717, 1.165) is 24.3 Å². The summed E-state index contributed by atoms with van der Waals surface area (Å²) < 4.78 is 39.5. The van der Waals surface area contributed by atoms with Gasteiger partial charge in [0.15, 0.2) is 0 Å². The maximum atomic E-state index is 13.0. The van der Waals surface area contributed by atoms with Crippen molar-refractivity contribution in [1.29, 1.82) is 0 Å². The van der Waals surface area contributed by atoms with Gasteiger partial charge in [-0.1, -0.05) is 11.6 Å². The number of aromatic hydroxyl groups is 1. The highest BCUT2D eigenvalue weighted by Gasteiger charge is 2.30. The number of phenols is 1. The predicted octanol–water partition coefficient (Wildman–Crippen LogP) is 4.04. The highest BCUT2D eigenvalue weighted by molar-refractivity contribution is 6.33. The van der Waals surface area contributed by atoms with E-state index in [1.54, 1.807) is 6.92 Å². The van der Waals surface area contributed by atoms with Crippen molar-refractivity contribution in [2.75, 3.05) is 0 Å². The number of alkyl halides is 3. The lowest BCUT2D eigenvalue weighted by Gasteiger charge is -2.10. The van der Waals surface area contributed by atoms with Crippen LogP contribution >= 0.6 is 11.6 Å². The summed E-state index contributed by atoms with van der Waals surface area (Å²) in [5.74, 6) is -1.48. The molecule has 0 atom stereocenters. The molecule has 28 heavy (non-hydrogen) atoms. The van der Waals surface area contributed by atoms with Crippen LogP contribution in [-0.4, -0.2) is 21.5 Å². The molecule has 0 radical (unpaired) electrons. The van der Waals surface area contributed by atoms with Crippen LogP contribution in [-0.2, 0) is 17.4 Å². The molecule has 1 amide bonds. The van der Waals surface area contributed by atoms with Gasteiger partial charge in [-0.3, -0.25) is 14.2 Å². The SMILES string of the molecule is Cc1c(CC(N)=O)c2cc(O)c(Cl)cc2n1C(=O)c1ccc(C(F)(F)F)cc1. The van der Waals surface area contributed by atoms with Crippen LogP contribution in [0.3, 0.4) is 0 Å². The molecule has 0 spiro atoms. The van der Waals surface area contributed by atoms with E-state index in [-0.39, 0.29) is 22.8 Å². The molecule has 0 saturated heterocycles. The third-order valence-electron chi connectivity index (χ3n) is 4.42. The van der Waals surface area contributed by atoms with Gasteiger partial charge in [0.25, 0.3) is 5.91 Å². The Bertz CT molecular complexity index is 1100. The van der Waals surface area contributed by atoms with Crippen LogP contribution < -0.4 is 5.73 Å². The molecule has 1 heterocycles. The number of fused-ring (bicyclic) bond motifs is 1. The second-order valence-corrected chi connectivity index (χ2v) is 6.65. The summed E-state index contributed by atoms with van der Waals surface area (Å²) in [5.41, 5.74) is 5.53. The van der Waals surface area contributed by atoms with Crippen LogP contribution in [0.5, 0.6) is 5.75 Å². The smallest absolute Gasteiger partial charge is 0.416 e. The third kappa shape index (κ3) is 3.43. The largest absolute Gasteiger partial charge is 0.506 e. The molecule has 0 fully saturated rings. The van der Waals surface area contributed by atoms with Gasteiger partial charge in [0.1, 0.15) is 5.75 Å². The quantitative estimate of drug-likeness (QED) is 0.683. The fourth-order valence-electron chi connectivity index (χ4n) is 3.08. The first-order valence-corrected chi connectivity index (χ1v) is 8.41. The Hall–Kier alpha value is -3.00. The van der Waals surface area contributed by atoms with E-state index in [0.29, 0.717) is 22.2 Å². The lowest BCUT2D eigenvalue weighted by Crippen LogP contribution is -2.16. The van der Waals surface area contributed by atoms with Crippen LogP contribution in [0, 0.1) is 6.92 Å². The van der Waals surface area contributed by atoms with E-state index in [1.807, 2.05) is 0 Å². The fraction of sp³-hybridized carbons (Fsp3) is 0.158. The number of amides is 1. The number of carbonyl (C=O) groups excluding carboxylic acids is 2. The van der Waals surface area contributed by atoms with E-state index in [2.05, 4.69) is 0 Å². The molecule has 0 unspecified atom stereocenters. The van der Waals surface area contributed by atoms with Crippen molar-refractivity contribution in [2.24, 2.45) is 5.73 Å². The summed E-state index contributed by atoms with van der Waals surface area (Å²) in [6.45, 7) is 1.57. The number of hydrogen-bond donors (Lipinski definition) is 2. The van der Waals surface area contributed by atoms with Gasteiger partial charge < -0.3 is 10.8 Å². The summed E-state index contributed by atoms with van der Waals surface area (Å²) in [7, 11) is 0. The zero-order valence-electron chi connectivity index (χ0n) is 14.5. The van der Waals surface area contributed by atoms with Crippen molar-refractivity contribution in [3.05, 3.63) is 63.8 Å². The van der Waals surface area contributed by atoms with E-state index in [9.17, 15) is 27.9 Å². The van der Waals surface area contributed by atoms with Gasteiger partial charge in [-0.2, -0.15) is 13.2 Å². The molecule has 146 valence electrons. The number of hydrogen-bond acceptors (Lipinski definition) is 3. The van der Waals surface area contributed by atoms with Gasteiger partial charge >= 0.3 is 6.18 Å². The third-order valence-corrected chi connectivity index (χ3v) is 4.72. The van der Waals surface area contributed by atoms with Gasteiger partial charge in [0.05, 0.1) is 22.5 Å². The lowest BCUT2D eigenvalue weighted by molar-refractivity contribution is -0.137. The molecule has 3 N–H and O–H groups in total.